The zero-order valence-electron chi connectivity index (χ0n) is 18.0. The van der Waals surface area contributed by atoms with Crippen LogP contribution in [0.15, 0.2) is 54.6 Å². The Morgan fingerprint density at radius 3 is 2.10 bits per heavy atom. The average molecular weight is 392 g/mol. The number of nitrogens with zero attached hydrogens (tertiary/aromatic N) is 1. The molecule has 0 saturated heterocycles. The molecular weight excluding hydrogens is 362 g/mol. The third kappa shape index (κ3) is 3.93. The van der Waals surface area contributed by atoms with E-state index in [2.05, 4.69) is 12.1 Å². The lowest BCUT2D eigenvalue weighted by Crippen LogP contribution is -2.42. The molecule has 0 aliphatic rings. The second-order valence-corrected chi connectivity index (χ2v) is 7.68. The maximum Gasteiger partial charge on any atom is 0.258 e. The quantitative estimate of drug-likeness (QED) is 0.534. The normalized spacial score (nSPS) is 11.2. The Hall–Kier alpha value is -3.01. The van der Waals surface area contributed by atoms with Gasteiger partial charge in [0.15, 0.2) is 0 Å². The molecule has 1 amide bonds. The number of amides is 1. The van der Waals surface area contributed by atoms with E-state index in [1.807, 2.05) is 75.1 Å². The van der Waals surface area contributed by atoms with Crippen LogP contribution in [-0.4, -0.2) is 37.1 Å². The summed E-state index contributed by atoms with van der Waals surface area (Å²) < 4.78 is 11.2. The van der Waals surface area contributed by atoms with E-state index in [-0.39, 0.29) is 18.0 Å². The highest BCUT2D eigenvalue weighted by Crippen LogP contribution is 2.37. The zero-order chi connectivity index (χ0) is 21.1. The molecule has 0 aromatic heterocycles. The second kappa shape index (κ2) is 8.56. The van der Waals surface area contributed by atoms with Gasteiger partial charge in [0, 0.05) is 17.5 Å². The van der Waals surface area contributed by atoms with E-state index >= 15 is 0 Å². The number of rotatable bonds is 6. The van der Waals surface area contributed by atoms with Crippen LogP contribution in [0, 0.1) is 0 Å². The summed E-state index contributed by atoms with van der Waals surface area (Å²) in [6.45, 7) is 8.14. The number of hydrogen-bond acceptors (Lipinski definition) is 3. The second-order valence-electron chi connectivity index (χ2n) is 7.68. The summed E-state index contributed by atoms with van der Waals surface area (Å²) in [5.74, 6) is 1.32. The lowest BCUT2D eigenvalue weighted by atomic mass is 9.94. The fourth-order valence-corrected chi connectivity index (χ4v) is 3.96. The van der Waals surface area contributed by atoms with E-state index in [9.17, 15) is 4.79 Å². The van der Waals surface area contributed by atoms with Crippen LogP contribution >= 0.6 is 0 Å². The predicted octanol–water partition coefficient (Wildman–Crippen LogP) is 5.78. The van der Waals surface area contributed by atoms with E-state index in [4.69, 9.17) is 9.47 Å². The molecule has 4 heteroatoms. The van der Waals surface area contributed by atoms with Gasteiger partial charge in [-0.05, 0) is 62.4 Å². The molecule has 0 aliphatic carbocycles. The van der Waals surface area contributed by atoms with E-state index in [1.54, 1.807) is 14.2 Å². The molecule has 0 saturated carbocycles. The first kappa shape index (κ1) is 20.7. The van der Waals surface area contributed by atoms with Gasteiger partial charge in [0.05, 0.1) is 19.8 Å². The van der Waals surface area contributed by atoms with Gasteiger partial charge in [0.1, 0.15) is 11.5 Å². The van der Waals surface area contributed by atoms with Crippen molar-refractivity contribution in [2.24, 2.45) is 0 Å². The van der Waals surface area contributed by atoms with Crippen LogP contribution in [-0.2, 0) is 0 Å². The highest BCUT2D eigenvalue weighted by Gasteiger charge is 2.27. The third-order valence-electron chi connectivity index (χ3n) is 5.16. The third-order valence-corrected chi connectivity index (χ3v) is 5.16. The van der Waals surface area contributed by atoms with Gasteiger partial charge in [0.25, 0.3) is 5.91 Å². The summed E-state index contributed by atoms with van der Waals surface area (Å²) in [4.78, 5) is 15.5. The summed E-state index contributed by atoms with van der Waals surface area (Å²) in [5, 5.41) is 2.10. The lowest BCUT2D eigenvalue weighted by Gasteiger charge is -2.32. The number of methoxy groups -OCH3 is 2. The van der Waals surface area contributed by atoms with Crippen molar-refractivity contribution in [3.05, 3.63) is 60.2 Å². The Balaban J connectivity index is 2.26. The van der Waals surface area contributed by atoms with Crippen LogP contribution in [0.3, 0.4) is 0 Å². The highest BCUT2D eigenvalue weighted by atomic mass is 16.5. The van der Waals surface area contributed by atoms with Crippen LogP contribution in [0.1, 0.15) is 38.1 Å². The summed E-state index contributed by atoms with van der Waals surface area (Å²) in [6.07, 6.45) is 0. The average Bonchev–Trinajstić information content (AvgIpc) is 2.71. The molecule has 0 atom stereocenters. The minimum Gasteiger partial charge on any atom is -0.496 e. The van der Waals surface area contributed by atoms with Gasteiger partial charge < -0.3 is 14.4 Å². The van der Waals surface area contributed by atoms with Crippen LogP contribution in [0.25, 0.3) is 21.9 Å². The molecule has 4 nitrogen and oxygen atoms in total. The summed E-state index contributed by atoms with van der Waals surface area (Å²) in [5.41, 5.74) is 2.34. The van der Waals surface area contributed by atoms with Crippen LogP contribution in [0.4, 0.5) is 0 Å². The molecule has 0 bridgehead atoms. The van der Waals surface area contributed by atoms with Crippen LogP contribution in [0.5, 0.6) is 11.5 Å². The van der Waals surface area contributed by atoms with Crippen molar-refractivity contribution >= 4 is 16.7 Å². The molecule has 0 spiro atoms. The first-order valence-corrected chi connectivity index (χ1v) is 9.95. The van der Waals surface area contributed by atoms with Crippen LogP contribution < -0.4 is 9.47 Å². The first-order chi connectivity index (χ1) is 13.9. The largest absolute Gasteiger partial charge is 0.496 e. The Bertz CT molecular complexity index is 1020. The molecule has 0 N–H and O–H groups in total. The van der Waals surface area contributed by atoms with Crippen molar-refractivity contribution in [1.29, 1.82) is 0 Å². The minimum absolute atomic E-state index is 0.0328. The van der Waals surface area contributed by atoms with Crippen molar-refractivity contribution in [2.75, 3.05) is 14.2 Å². The lowest BCUT2D eigenvalue weighted by molar-refractivity contribution is 0.0641. The number of ether oxygens (including phenoxy) is 2. The Morgan fingerprint density at radius 2 is 1.48 bits per heavy atom. The first-order valence-electron chi connectivity index (χ1n) is 9.95. The Morgan fingerprint density at radius 1 is 0.828 bits per heavy atom. The Labute approximate surface area is 173 Å². The molecular formula is C25H29NO3. The number of carbonyl (C=O) groups is 1. The van der Waals surface area contributed by atoms with Crippen molar-refractivity contribution in [3.63, 3.8) is 0 Å². The minimum atomic E-state index is -0.0328. The number of hydrogen-bond donors (Lipinski definition) is 0. The molecule has 3 aromatic rings. The van der Waals surface area contributed by atoms with E-state index in [0.717, 1.165) is 27.6 Å². The molecule has 152 valence electrons. The van der Waals surface area contributed by atoms with Crippen LogP contribution in [0.2, 0.25) is 0 Å². The molecule has 29 heavy (non-hydrogen) atoms. The van der Waals surface area contributed by atoms with Crippen molar-refractivity contribution in [1.82, 2.24) is 4.90 Å². The van der Waals surface area contributed by atoms with Gasteiger partial charge in [-0.2, -0.15) is 0 Å². The molecule has 0 aliphatic heterocycles. The van der Waals surface area contributed by atoms with Gasteiger partial charge in [-0.25, -0.2) is 0 Å². The predicted molar refractivity (Wildman–Crippen MR) is 119 cm³/mol. The monoisotopic (exact) mass is 391 g/mol. The molecule has 0 heterocycles. The summed E-state index contributed by atoms with van der Waals surface area (Å²) in [6, 6.07) is 18.1. The summed E-state index contributed by atoms with van der Waals surface area (Å²) >= 11 is 0. The van der Waals surface area contributed by atoms with Gasteiger partial charge in [-0.1, -0.05) is 36.4 Å². The van der Waals surface area contributed by atoms with Gasteiger partial charge in [-0.15, -0.1) is 0 Å². The Kier molecular flexibility index (Phi) is 6.12. The zero-order valence-corrected chi connectivity index (χ0v) is 18.0. The van der Waals surface area contributed by atoms with E-state index in [1.165, 1.54) is 0 Å². The summed E-state index contributed by atoms with van der Waals surface area (Å²) in [7, 11) is 3.27. The fraction of sp³-hybridized carbons (Fsp3) is 0.320. The number of carbonyl (C=O) groups excluding carboxylic acids is 1. The maximum absolute atomic E-state index is 13.6. The van der Waals surface area contributed by atoms with Crippen molar-refractivity contribution < 1.29 is 14.3 Å². The van der Waals surface area contributed by atoms with E-state index < -0.39 is 0 Å². The molecule has 0 fully saturated rings. The number of benzene rings is 3. The molecule has 3 rings (SSSR count). The highest BCUT2D eigenvalue weighted by molar-refractivity contribution is 6.05. The van der Waals surface area contributed by atoms with Gasteiger partial charge in [-0.3, -0.25) is 4.79 Å². The molecule has 3 aromatic carbocycles. The topological polar surface area (TPSA) is 38.8 Å². The fourth-order valence-electron chi connectivity index (χ4n) is 3.96. The SMILES string of the molecule is COc1cccc(-c2cc(OC)c3ccccc3c2)c1C(=O)N(C(C)C)C(C)C. The number of fused-ring (bicyclic) bond motifs is 1. The van der Waals surface area contributed by atoms with Crippen molar-refractivity contribution in [2.45, 2.75) is 39.8 Å². The molecule has 0 radical (unpaired) electrons. The van der Waals surface area contributed by atoms with Gasteiger partial charge in [0.2, 0.25) is 0 Å². The molecule has 0 unspecified atom stereocenters. The van der Waals surface area contributed by atoms with Gasteiger partial charge >= 0.3 is 0 Å². The smallest absolute Gasteiger partial charge is 0.258 e. The van der Waals surface area contributed by atoms with E-state index in [0.29, 0.717) is 11.3 Å². The van der Waals surface area contributed by atoms with Crippen molar-refractivity contribution in [3.8, 4) is 22.6 Å². The standard InChI is InChI=1S/C25H29NO3/c1-16(2)26(17(3)4)25(27)24-21(12-9-13-22(24)28-5)19-14-18-10-7-8-11-20(18)23(15-19)29-6/h7-17H,1-6H3. The maximum atomic E-state index is 13.6.